The third kappa shape index (κ3) is 2.69. The van der Waals surface area contributed by atoms with E-state index in [4.69, 9.17) is 11.0 Å². The van der Waals surface area contributed by atoms with E-state index in [1.165, 1.54) is 5.56 Å². The van der Waals surface area contributed by atoms with Crippen LogP contribution < -0.4 is 5.73 Å². The summed E-state index contributed by atoms with van der Waals surface area (Å²) in [6.45, 7) is 1.50. The van der Waals surface area contributed by atoms with Gasteiger partial charge in [0.25, 0.3) is 0 Å². The average Bonchev–Trinajstić information content (AvgIpc) is 2.41. The molecule has 18 heavy (non-hydrogen) atoms. The van der Waals surface area contributed by atoms with Crippen LogP contribution in [0.25, 0.3) is 0 Å². The maximum atomic E-state index is 11.1. The molecule has 1 aromatic rings. The second-order valence-electron chi connectivity index (χ2n) is 4.65. The van der Waals surface area contributed by atoms with Gasteiger partial charge in [-0.1, -0.05) is 30.3 Å². The van der Waals surface area contributed by atoms with Crippen LogP contribution in [0.2, 0.25) is 0 Å². The van der Waals surface area contributed by atoms with Crippen LogP contribution in [0.3, 0.4) is 0 Å². The van der Waals surface area contributed by atoms with Crippen LogP contribution >= 0.6 is 0 Å². The summed E-state index contributed by atoms with van der Waals surface area (Å²) >= 11 is 0. The highest BCUT2D eigenvalue weighted by Gasteiger charge is 2.28. The van der Waals surface area contributed by atoms with E-state index in [9.17, 15) is 4.79 Å². The first-order valence-corrected chi connectivity index (χ1v) is 6.20. The molecule has 0 radical (unpaired) electrons. The predicted molar refractivity (Wildman–Crippen MR) is 68.6 cm³/mol. The summed E-state index contributed by atoms with van der Waals surface area (Å²) in [6.07, 6.45) is 1.94. The number of amides is 1. The molecule has 1 unspecified atom stereocenters. The summed E-state index contributed by atoms with van der Waals surface area (Å²) in [6, 6.07) is 11.6. The zero-order valence-corrected chi connectivity index (χ0v) is 10.2. The van der Waals surface area contributed by atoms with E-state index < -0.39 is 11.9 Å². The van der Waals surface area contributed by atoms with E-state index in [1.54, 1.807) is 0 Å². The molecule has 1 atom stereocenters. The van der Waals surface area contributed by atoms with Crippen molar-refractivity contribution in [3.05, 3.63) is 35.9 Å². The number of primary amides is 1. The fraction of sp³-hybridized carbons (Fsp3) is 0.429. The van der Waals surface area contributed by atoms with Crippen molar-refractivity contribution in [1.29, 1.82) is 5.26 Å². The quantitative estimate of drug-likeness (QED) is 0.868. The number of rotatable bonds is 3. The summed E-state index contributed by atoms with van der Waals surface area (Å²) < 4.78 is 0. The van der Waals surface area contributed by atoms with Crippen molar-refractivity contribution >= 4 is 5.91 Å². The molecule has 1 aromatic carbocycles. The molecular weight excluding hydrogens is 226 g/mol. The van der Waals surface area contributed by atoms with Gasteiger partial charge in [-0.05, 0) is 24.3 Å². The van der Waals surface area contributed by atoms with Crippen molar-refractivity contribution in [2.24, 2.45) is 5.73 Å². The Balaban J connectivity index is 1.97. The normalized spacial score (nSPS) is 19.1. The number of carbonyl (C=O) groups is 1. The van der Waals surface area contributed by atoms with Crippen molar-refractivity contribution in [3.8, 4) is 6.07 Å². The Morgan fingerprint density at radius 2 is 1.94 bits per heavy atom. The van der Waals surface area contributed by atoms with E-state index in [-0.39, 0.29) is 0 Å². The molecule has 1 fully saturated rings. The zero-order chi connectivity index (χ0) is 13.0. The smallest absolute Gasteiger partial charge is 0.249 e. The number of nitrogens with two attached hydrogens (primary N) is 1. The van der Waals surface area contributed by atoms with Gasteiger partial charge in [0, 0.05) is 13.1 Å². The SMILES string of the molecule is N#CC(C(N)=O)N1CCC(c2ccccc2)CC1. The molecule has 94 valence electrons. The Labute approximate surface area is 107 Å². The molecule has 1 heterocycles. The number of nitriles is 1. The zero-order valence-electron chi connectivity index (χ0n) is 10.2. The lowest BCUT2D eigenvalue weighted by atomic mass is 9.89. The topological polar surface area (TPSA) is 70.1 Å². The molecule has 1 aliphatic heterocycles. The van der Waals surface area contributed by atoms with Gasteiger partial charge < -0.3 is 5.73 Å². The molecule has 0 aromatic heterocycles. The fourth-order valence-electron chi connectivity index (χ4n) is 2.54. The summed E-state index contributed by atoms with van der Waals surface area (Å²) in [5.41, 5.74) is 6.56. The number of hydrogen-bond donors (Lipinski definition) is 1. The molecule has 4 nitrogen and oxygen atoms in total. The lowest BCUT2D eigenvalue weighted by molar-refractivity contribution is -0.121. The lowest BCUT2D eigenvalue weighted by Gasteiger charge is -2.33. The minimum Gasteiger partial charge on any atom is -0.367 e. The summed E-state index contributed by atoms with van der Waals surface area (Å²) in [7, 11) is 0. The Kier molecular flexibility index (Phi) is 3.96. The van der Waals surface area contributed by atoms with Crippen LogP contribution in [-0.4, -0.2) is 29.9 Å². The highest BCUT2D eigenvalue weighted by Crippen LogP contribution is 2.28. The largest absolute Gasteiger partial charge is 0.367 e. The molecule has 0 aliphatic carbocycles. The third-order valence-electron chi connectivity index (χ3n) is 3.56. The van der Waals surface area contributed by atoms with E-state index in [0.29, 0.717) is 5.92 Å². The molecular formula is C14H17N3O. The van der Waals surface area contributed by atoms with Crippen molar-refractivity contribution in [3.63, 3.8) is 0 Å². The monoisotopic (exact) mass is 243 g/mol. The van der Waals surface area contributed by atoms with E-state index in [1.807, 2.05) is 29.2 Å². The highest BCUT2D eigenvalue weighted by atomic mass is 16.1. The van der Waals surface area contributed by atoms with Crippen molar-refractivity contribution in [2.75, 3.05) is 13.1 Å². The predicted octanol–water partition coefficient (Wildman–Crippen LogP) is 1.24. The van der Waals surface area contributed by atoms with E-state index >= 15 is 0 Å². The molecule has 4 heteroatoms. The summed E-state index contributed by atoms with van der Waals surface area (Å²) in [4.78, 5) is 13.0. The summed E-state index contributed by atoms with van der Waals surface area (Å²) in [5, 5.41) is 8.94. The standard InChI is InChI=1S/C14H17N3O/c15-10-13(14(16)18)17-8-6-12(7-9-17)11-4-2-1-3-5-11/h1-5,12-13H,6-9H2,(H2,16,18). The van der Waals surface area contributed by atoms with Gasteiger partial charge in [-0.2, -0.15) is 5.26 Å². The first-order valence-electron chi connectivity index (χ1n) is 6.20. The van der Waals surface area contributed by atoms with Crippen LogP contribution in [0.15, 0.2) is 30.3 Å². The van der Waals surface area contributed by atoms with Gasteiger partial charge in [-0.25, -0.2) is 0 Å². The fourth-order valence-corrected chi connectivity index (χ4v) is 2.54. The lowest BCUT2D eigenvalue weighted by Crippen LogP contribution is -2.47. The average molecular weight is 243 g/mol. The number of carbonyl (C=O) groups excluding carboxylic acids is 1. The maximum Gasteiger partial charge on any atom is 0.249 e. The molecule has 1 saturated heterocycles. The van der Waals surface area contributed by atoms with E-state index in [2.05, 4.69) is 12.1 Å². The second-order valence-corrected chi connectivity index (χ2v) is 4.65. The minimum atomic E-state index is -0.776. The van der Waals surface area contributed by atoms with Crippen molar-refractivity contribution in [1.82, 2.24) is 4.90 Å². The Bertz CT molecular complexity index is 444. The highest BCUT2D eigenvalue weighted by molar-refractivity contribution is 5.82. The first-order chi connectivity index (χ1) is 8.72. The maximum absolute atomic E-state index is 11.1. The molecule has 2 rings (SSSR count). The number of likely N-dealkylation sites (tertiary alicyclic amines) is 1. The van der Waals surface area contributed by atoms with Gasteiger partial charge in [0.1, 0.15) is 0 Å². The number of nitrogens with zero attached hydrogens (tertiary/aromatic N) is 2. The Morgan fingerprint density at radius 3 is 2.44 bits per heavy atom. The Hall–Kier alpha value is -1.86. The first kappa shape index (κ1) is 12.6. The summed E-state index contributed by atoms with van der Waals surface area (Å²) in [5.74, 6) is -0.0228. The van der Waals surface area contributed by atoms with Crippen LogP contribution in [0.4, 0.5) is 0 Å². The molecule has 0 saturated carbocycles. The van der Waals surface area contributed by atoms with Gasteiger partial charge in [-0.3, -0.25) is 9.69 Å². The van der Waals surface area contributed by atoms with Crippen LogP contribution in [-0.2, 0) is 4.79 Å². The molecule has 1 aliphatic rings. The number of piperidine rings is 1. The molecule has 0 bridgehead atoms. The van der Waals surface area contributed by atoms with Crippen LogP contribution in [0.5, 0.6) is 0 Å². The van der Waals surface area contributed by atoms with E-state index in [0.717, 1.165) is 25.9 Å². The molecule has 2 N–H and O–H groups in total. The van der Waals surface area contributed by atoms with Gasteiger partial charge in [-0.15, -0.1) is 0 Å². The van der Waals surface area contributed by atoms with Gasteiger partial charge in [0.2, 0.25) is 5.91 Å². The molecule has 1 amide bonds. The minimum absolute atomic E-state index is 0.523. The Morgan fingerprint density at radius 1 is 1.33 bits per heavy atom. The third-order valence-corrected chi connectivity index (χ3v) is 3.56. The van der Waals surface area contributed by atoms with Gasteiger partial charge in [0.05, 0.1) is 6.07 Å². The number of benzene rings is 1. The van der Waals surface area contributed by atoms with Crippen LogP contribution in [0.1, 0.15) is 24.3 Å². The van der Waals surface area contributed by atoms with Gasteiger partial charge in [0.15, 0.2) is 6.04 Å². The molecule has 0 spiro atoms. The van der Waals surface area contributed by atoms with Crippen molar-refractivity contribution in [2.45, 2.75) is 24.8 Å². The van der Waals surface area contributed by atoms with Crippen LogP contribution in [0, 0.1) is 11.3 Å². The second kappa shape index (κ2) is 5.65. The number of hydrogen-bond acceptors (Lipinski definition) is 3. The van der Waals surface area contributed by atoms with Gasteiger partial charge >= 0.3 is 0 Å². The van der Waals surface area contributed by atoms with Crippen molar-refractivity contribution < 1.29 is 4.79 Å².